The number of nitrogens with one attached hydrogen (secondary N) is 1. The first-order valence-corrected chi connectivity index (χ1v) is 11.7. The number of rotatable bonds is 10. The van der Waals surface area contributed by atoms with E-state index in [9.17, 15) is 4.79 Å². The molecule has 0 aliphatic carbocycles. The van der Waals surface area contributed by atoms with Crippen molar-refractivity contribution >= 4 is 17.7 Å². The number of thioether (sulfide) groups is 1. The van der Waals surface area contributed by atoms with Gasteiger partial charge in [-0.15, -0.1) is 5.10 Å². The summed E-state index contributed by atoms with van der Waals surface area (Å²) in [7, 11) is 3.16. The maximum Gasteiger partial charge on any atom is 0.230 e. The molecular formula is C25H25N5O3S. The van der Waals surface area contributed by atoms with Gasteiger partial charge in [0.25, 0.3) is 0 Å². The van der Waals surface area contributed by atoms with E-state index in [1.165, 1.54) is 16.4 Å². The van der Waals surface area contributed by atoms with Gasteiger partial charge < -0.3 is 14.8 Å². The van der Waals surface area contributed by atoms with Crippen molar-refractivity contribution in [1.29, 1.82) is 0 Å². The number of carbonyl (C=O) groups excluding carboxylic acids is 1. The van der Waals surface area contributed by atoms with Gasteiger partial charge in [-0.25, -0.2) is 0 Å². The van der Waals surface area contributed by atoms with Crippen molar-refractivity contribution in [3.05, 3.63) is 90.0 Å². The number of ether oxygens (including phenoxy) is 2. The number of amides is 1. The predicted octanol–water partition coefficient (Wildman–Crippen LogP) is 3.87. The Morgan fingerprint density at radius 3 is 2.44 bits per heavy atom. The summed E-state index contributed by atoms with van der Waals surface area (Å²) in [5.74, 6) is 1.28. The Bertz CT molecular complexity index is 1220. The van der Waals surface area contributed by atoms with E-state index in [0.717, 1.165) is 11.1 Å². The second kappa shape index (κ2) is 11.3. The van der Waals surface area contributed by atoms with Gasteiger partial charge in [0.15, 0.2) is 0 Å². The molecular weight excluding hydrogens is 450 g/mol. The predicted molar refractivity (Wildman–Crippen MR) is 130 cm³/mol. The van der Waals surface area contributed by atoms with E-state index >= 15 is 0 Å². The second-order valence-corrected chi connectivity index (χ2v) is 8.36. The van der Waals surface area contributed by atoms with Gasteiger partial charge >= 0.3 is 0 Å². The normalized spacial score (nSPS) is 11.6. The van der Waals surface area contributed by atoms with Crippen LogP contribution in [-0.4, -0.2) is 46.1 Å². The van der Waals surface area contributed by atoms with E-state index < -0.39 is 0 Å². The lowest BCUT2D eigenvalue weighted by molar-refractivity contribution is -0.119. The molecule has 0 saturated carbocycles. The molecule has 4 rings (SSSR count). The van der Waals surface area contributed by atoms with Crippen LogP contribution in [0.5, 0.6) is 11.5 Å². The monoisotopic (exact) mass is 475 g/mol. The highest BCUT2D eigenvalue weighted by Crippen LogP contribution is 2.29. The zero-order valence-corrected chi connectivity index (χ0v) is 19.7. The highest BCUT2D eigenvalue weighted by Gasteiger charge is 2.19. The quantitative estimate of drug-likeness (QED) is 0.348. The molecule has 3 aromatic carbocycles. The van der Waals surface area contributed by atoms with Crippen molar-refractivity contribution in [2.45, 2.75) is 17.6 Å². The minimum absolute atomic E-state index is 0.109. The Kier molecular flexibility index (Phi) is 7.77. The Labute approximate surface area is 202 Å². The summed E-state index contributed by atoms with van der Waals surface area (Å²) in [6.07, 6.45) is 0.694. The molecule has 0 aliphatic heterocycles. The Hall–Kier alpha value is -3.85. The summed E-state index contributed by atoms with van der Waals surface area (Å²) < 4.78 is 12.3. The molecule has 1 aromatic heterocycles. The molecule has 0 bridgehead atoms. The highest BCUT2D eigenvalue weighted by molar-refractivity contribution is 7.99. The first kappa shape index (κ1) is 23.3. The van der Waals surface area contributed by atoms with Crippen LogP contribution in [0.25, 0.3) is 5.69 Å². The van der Waals surface area contributed by atoms with E-state index in [1.807, 2.05) is 48.5 Å². The molecule has 1 atom stereocenters. The summed E-state index contributed by atoms with van der Waals surface area (Å²) in [4.78, 5) is 12.9. The average molecular weight is 476 g/mol. The van der Waals surface area contributed by atoms with Gasteiger partial charge in [-0.05, 0) is 40.1 Å². The van der Waals surface area contributed by atoms with Gasteiger partial charge in [-0.3, -0.25) is 4.79 Å². The minimum Gasteiger partial charge on any atom is -0.497 e. The molecule has 4 aromatic rings. The summed E-state index contributed by atoms with van der Waals surface area (Å²) in [5, 5.41) is 15.6. The summed E-state index contributed by atoms with van der Waals surface area (Å²) in [6.45, 7) is 0. The average Bonchev–Trinajstić information content (AvgIpc) is 3.36. The number of nitrogens with zero attached hydrogens (tertiary/aromatic N) is 4. The lowest BCUT2D eigenvalue weighted by Crippen LogP contribution is -2.31. The molecule has 0 spiro atoms. The largest absolute Gasteiger partial charge is 0.497 e. The fourth-order valence-electron chi connectivity index (χ4n) is 3.54. The van der Waals surface area contributed by atoms with Crippen LogP contribution >= 0.6 is 11.8 Å². The van der Waals surface area contributed by atoms with Crippen LogP contribution in [0.15, 0.2) is 84.0 Å². The van der Waals surface area contributed by atoms with E-state index in [0.29, 0.717) is 28.8 Å². The second-order valence-electron chi connectivity index (χ2n) is 7.42. The Morgan fingerprint density at radius 1 is 1.00 bits per heavy atom. The van der Waals surface area contributed by atoms with Gasteiger partial charge in [0, 0.05) is 6.07 Å². The SMILES string of the molecule is COc1ccc(OC)c(-n2nnnc2SCC(=O)NC(Cc2ccccc2)c2ccccc2)c1. The summed E-state index contributed by atoms with van der Waals surface area (Å²) in [6, 6.07) is 25.3. The van der Waals surface area contributed by atoms with Crippen molar-refractivity contribution < 1.29 is 14.3 Å². The first-order chi connectivity index (χ1) is 16.7. The number of aromatic nitrogens is 4. The lowest BCUT2D eigenvalue weighted by Gasteiger charge is -2.19. The van der Waals surface area contributed by atoms with Crippen LogP contribution in [-0.2, 0) is 11.2 Å². The molecule has 0 aliphatic rings. The molecule has 1 N–H and O–H groups in total. The maximum absolute atomic E-state index is 12.9. The van der Waals surface area contributed by atoms with Crippen LogP contribution in [0.1, 0.15) is 17.2 Å². The Balaban J connectivity index is 1.47. The van der Waals surface area contributed by atoms with Gasteiger partial charge in [-0.1, -0.05) is 72.4 Å². The van der Waals surface area contributed by atoms with Crippen molar-refractivity contribution in [1.82, 2.24) is 25.5 Å². The van der Waals surface area contributed by atoms with Crippen LogP contribution < -0.4 is 14.8 Å². The van der Waals surface area contributed by atoms with Crippen molar-refractivity contribution in [3.63, 3.8) is 0 Å². The zero-order chi connectivity index (χ0) is 23.8. The molecule has 1 amide bonds. The summed E-state index contributed by atoms with van der Waals surface area (Å²) >= 11 is 1.25. The van der Waals surface area contributed by atoms with Crippen LogP contribution in [0.2, 0.25) is 0 Å². The van der Waals surface area contributed by atoms with Crippen LogP contribution in [0.4, 0.5) is 0 Å². The number of benzene rings is 3. The molecule has 174 valence electrons. The highest BCUT2D eigenvalue weighted by atomic mass is 32.2. The van der Waals surface area contributed by atoms with E-state index in [2.05, 4.69) is 33.0 Å². The molecule has 9 heteroatoms. The fourth-order valence-corrected chi connectivity index (χ4v) is 4.23. The van der Waals surface area contributed by atoms with Crippen molar-refractivity contribution in [2.75, 3.05) is 20.0 Å². The molecule has 34 heavy (non-hydrogen) atoms. The minimum atomic E-state index is -0.147. The molecule has 0 radical (unpaired) electrons. The summed E-state index contributed by atoms with van der Waals surface area (Å²) in [5.41, 5.74) is 2.83. The van der Waals surface area contributed by atoms with Gasteiger partial charge in [-0.2, -0.15) is 4.68 Å². The van der Waals surface area contributed by atoms with Gasteiger partial charge in [0.05, 0.1) is 26.0 Å². The molecule has 1 heterocycles. The van der Waals surface area contributed by atoms with Crippen LogP contribution in [0, 0.1) is 0 Å². The smallest absolute Gasteiger partial charge is 0.230 e. The lowest BCUT2D eigenvalue weighted by atomic mass is 9.99. The third kappa shape index (κ3) is 5.74. The van der Waals surface area contributed by atoms with E-state index in [-0.39, 0.29) is 17.7 Å². The third-order valence-electron chi connectivity index (χ3n) is 5.21. The number of carbonyl (C=O) groups is 1. The fraction of sp³-hybridized carbons (Fsp3) is 0.200. The van der Waals surface area contributed by atoms with Crippen molar-refractivity contribution in [3.8, 4) is 17.2 Å². The molecule has 1 unspecified atom stereocenters. The number of hydrogen-bond acceptors (Lipinski definition) is 7. The van der Waals surface area contributed by atoms with Crippen molar-refractivity contribution in [2.24, 2.45) is 0 Å². The zero-order valence-electron chi connectivity index (χ0n) is 18.9. The molecule has 0 fully saturated rings. The topological polar surface area (TPSA) is 91.2 Å². The molecule has 8 nitrogen and oxygen atoms in total. The van der Waals surface area contributed by atoms with E-state index in [4.69, 9.17) is 9.47 Å². The standard InChI is InChI=1S/C25H25N5O3S/c1-32-20-13-14-23(33-2)22(16-20)30-25(27-28-29-30)34-17-24(31)26-21(19-11-7-4-8-12-19)15-18-9-5-3-6-10-18/h3-14,16,21H,15,17H2,1-2H3,(H,26,31). The number of tetrazole rings is 1. The Morgan fingerprint density at radius 2 is 1.74 bits per heavy atom. The first-order valence-electron chi connectivity index (χ1n) is 10.7. The maximum atomic E-state index is 12.9. The van der Waals surface area contributed by atoms with Gasteiger partial charge in [0.1, 0.15) is 17.2 Å². The number of hydrogen-bond donors (Lipinski definition) is 1. The third-order valence-corrected chi connectivity index (χ3v) is 6.13. The van der Waals surface area contributed by atoms with E-state index in [1.54, 1.807) is 32.4 Å². The molecule has 0 saturated heterocycles. The van der Waals surface area contributed by atoms with Crippen LogP contribution in [0.3, 0.4) is 0 Å². The van der Waals surface area contributed by atoms with Gasteiger partial charge in [0.2, 0.25) is 11.1 Å². The number of methoxy groups -OCH3 is 2.